The van der Waals surface area contributed by atoms with Crippen molar-refractivity contribution < 1.29 is 13.9 Å². The summed E-state index contributed by atoms with van der Waals surface area (Å²) in [6, 6.07) is 5.60. The summed E-state index contributed by atoms with van der Waals surface area (Å²) in [6.45, 7) is 0. The Kier molecular flexibility index (Phi) is 4.48. The van der Waals surface area contributed by atoms with Gasteiger partial charge in [0.15, 0.2) is 0 Å². The maximum atomic E-state index is 13.4. The Hall–Kier alpha value is -0.780. The summed E-state index contributed by atoms with van der Waals surface area (Å²) < 4.78 is 27.7. The molecule has 1 heterocycles. The third-order valence-corrected chi connectivity index (χ3v) is 4.56. The zero-order chi connectivity index (χ0) is 13.1. The molecule has 0 saturated heterocycles. The number of aliphatic hydroxyl groups excluding tert-OH is 1. The lowest BCUT2D eigenvalue weighted by atomic mass is 10.0. The SMILES string of the molecule is OC(Cc1sccc1Br)Cc1c(F)cccc1F. The molecular formula is C13H11BrF2OS. The molecule has 1 aromatic carbocycles. The molecule has 0 saturated carbocycles. The highest BCUT2D eigenvalue weighted by molar-refractivity contribution is 9.10. The molecule has 0 bridgehead atoms. The van der Waals surface area contributed by atoms with E-state index in [2.05, 4.69) is 15.9 Å². The first-order chi connectivity index (χ1) is 8.58. The summed E-state index contributed by atoms with van der Waals surface area (Å²) in [4.78, 5) is 0.972. The van der Waals surface area contributed by atoms with Gasteiger partial charge in [-0.1, -0.05) is 6.07 Å². The second-order valence-corrected chi connectivity index (χ2v) is 5.81. The van der Waals surface area contributed by atoms with Crippen molar-refractivity contribution in [2.45, 2.75) is 18.9 Å². The number of hydrogen-bond donors (Lipinski definition) is 1. The number of benzene rings is 1. The highest BCUT2D eigenvalue weighted by atomic mass is 79.9. The van der Waals surface area contributed by atoms with Crippen LogP contribution in [0.4, 0.5) is 8.78 Å². The van der Waals surface area contributed by atoms with E-state index in [4.69, 9.17) is 0 Å². The van der Waals surface area contributed by atoms with E-state index < -0.39 is 17.7 Å². The van der Waals surface area contributed by atoms with Crippen LogP contribution in [-0.2, 0) is 12.8 Å². The molecule has 0 amide bonds. The van der Waals surface area contributed by atoms with Crippen molar-refractivity contribution in [3.63, 3.8) is 0 Å². The summed E-state index contributed by atoms with van der Waals surface area (Å²) in [5.74, 6) is -1.22. The topological polar surface area (TPSA) is 20.2 Å². The Labute approximate surface area is 116 Å². The van der Waals surface area contributed by atoms with Gasteiger partial charge in [0, 0.05) is 27.8 Å². The molecule has 96 valence electrons. The molecule has 2 aromatic rings. The molecule has 0 spiro atoms. The summed E-state index contributed by atoms with van der Waals surface area (Å²) in [6.07, 6.45) is -0.444. The number of rotatable bonds is 4. The first-order valence-corrected chi connectivity index (χ1v) is 7.08. The zero-order valence-corrected chi connectivity index (χ0v) is 11.8. The first-order valence-electron chi connectivity index (χ1n) is 5.40. The molecule has 0 fully saturated rings. The van der Waals surface area contributed by atoms with Gasteiger partial charge in [0.2, 0.25) is 0 Å². The van der Waals surface area contributed by atoms with Crippen LogP contribution in [0.2, 0.25) is 0 Å². The van der Waals surface area contributed by atoms with Gasteiger partial charge in [0.25, 0.3) is 0 Å². The van der Waals surface area contributed by atoms with E-state index in [1.165, 1.54) is 29.5 Å². The molecule has 0 aliphatic heterocycles. The quantitative estimate of drug-likeness (QED) is 0.899. The molecule has 0 aliphatic rings. The predicted octanol–water partition coefficient (Wildman–Crippen LogP) is 3.93. The molecule has 2 rings (SSSR count). The van der Waals surface area contributed by atoms with Crippen LogP contribution >= 0.6 is 27.3 Å². The van der Waals surface area contributed by atoms with E-state index in [-0.39, 0.29) is 12.0 Å². The Morgan fingerprint density at radius 2 is 1.83 bits per heavy atom. The molecule has 0 aliphatic carbocycles. The van der Waals surface area contributed by atoms with E-state index in [0.717, 1.165) is 9.35 Å². The molecule has 1 N–H and O–H groups in total. The van der Waals surface area contributed by atoms with Crippen molar-refractivity contribution in [1.29, 1.82) is 0 Å². The lowest BCUT2D eigenvalue weighted by Gasteiger charge is -2.11. The van der Waals surface area contributed by atoms with Crippen molar-refractivity contribution in [3.05, 3.63) is 56.2 Å². The number of halogens is 3. The van der Waals surface area contributed by atoms with Crippen LogP contribution in [-0.4, -0.2) is 11.2 Å². The van der Waals surface area contributed by atoms with Crippen LogP contribution in [0, 0.1) is 11.6 Å². The predicted molar refractivity (Wildman–Crippen MR) is 71.8 cm³/mol. The molecule has 5 heteroatoms. The number of hydrogen-bond acceptors (Lipinski definition) is 2. The third kappa shape index (κ3) is 3.16. The molecule has 0 radical (unpaired) electrons. The van der Waals surface area contributed by atoms with Crippen molar-refractivity contribution in [2.24, 2.45) is 0 Å². The highest BCUT2D eigenvalue weighted by Gasteiger charge is 2.15. The summed E-state index contributed by atoms with van der Waals surface area (Å²) >= 11 is 4.86. The van der Waals surface area contributed by atoms with E-state index in [1.54, 1.807) is 0 Å². The Morgan fingerprint density at radius 3 is 2.39 bits per heavy atom. The first kappa shape index (κ1) is 13.6. The lowest BCUT2D eigenvalue weighted by molar-refractivity contribution is 0.173. The van der Waals surface area contributed by atoms with E-state index in [9.17, 15) is 13.9 Å². The molecule has 1 nitrogen and oxygen atoms in total. The molecule has 1 atom stereocenters. The lowest BCUT2D eigenvalue weighted by Crippen LogP contribution is -2.15. The minimum atomic E-state index is -0.800. The fraction of sp³-hybridized carbons (Fsp3) is 0.231. The van der Waals surface area contributed by atoms with Crippen LogP contribution in [0.15, 0.2) is 34.1 Å². The van der Waals surface area contributed by atoms with Gasteiger partial charge in [-0.2, -0.15) is 0 Å². The van der Waals surface area contributed by atoms with Crippen molar-refractivity contribution in [2.75, 3.05) is 0 Å². The minimum Gasteiger partial charge on any atom is -0.392 e. The zero-order valence-electron chi connectivity index (χ0n) is 9.37. The van der Waals surface area contributed by atoms with Crippen molar-refractivity contribution in [3.8, 4) is 0 Å². The average Bonchev–Trinajstić information content (AvgIpc) is 2.70. The second kappa shape index (κ2) is 5.91. The Balaban J connectivity index is 2.08. The number of thiophene rings is 1. The van der Waals surface area contributed by atoms with Gasteiger partial charge >= 0.3 is 0 Å². The molecule has 1 aromatic heterocycles. The van der Waals surface area contributed by atoms with Gasteiger partial charge in [-0.3, -0.25) is 0 Å². The molecular weight excluding hydrogens is 322 g/mol. The minimum absolute atomic E-state index is 0.0250. The molecule has 18 heavy (non-hydrogen) atoms. The Bertz CT molecular complexity index is 521. The number of aliphatic hydroxyl groups is 1. The van der Waals surface area contributed by atoms with E-state index >= 15 is 0 Å². The maximum absolute atomic E-state index is 13.4. The van der Waals surface area contributed by atoms with Crippen LogP contribution in [0.25, 0.3) is 0 Å². The summed E-state index contributed by atoms with van der Waals surface area (Å²) in [7, 11) is 0. The van der Waals surface area contributed by atoms with Crippen LogP contribution in [0.1, 0.15) is 10.4 Å². The van der Waals surface area contributed by atoms with Gasteiger partial charge in [0.1, 0.15) is 11.6 Å². The van der Waals surface area contributed by atoms with Crippen molar-refractivity contribution in [1.82, 2.24) is 0 Å². The largest absolute Gasteiger partial charge is 0.392 e. The normalized spacial score (nSPS) is 12.7. The fourth-order valence-electron chi connectivity index (χ4n) is 1.72. The summed E-state index contributed by atoms with van der Waals surface area (Å²) in [5.41, 5.74) is -0.0577. The highest BCUT2D eigenvalue weighted by Crippen LogP contribution is 2.25. The van der Waals surface area contributed by atoms with E-state index in [1.807, 2.05) is 11.4 Å². The fourth-order valence-corrected chi connectivity index (χ4v) is 3.31. The monoisotopic (exact) mass is 332 g/mol. The average molecular weight is 333 g/mol. The van der Waals surface area contributed by atoms with Gasteiger partial charge in [0.05, 0.1) is 6.10 Å². The van der Waals surface area contributed by atoms with Gasteiger partial charge in [-0.05, 0) is 39.5 Å². The summed E-state index contributed by atoms with van der Waals surface area (Å²) in [5, 5.41) is 11.8. The van der Waals surface area contributed by atoms with Gasteiger partial charge < -0.3 is 5.11 Å². The third-order valence-electron chi connectivity index (χ3n) is 2.61. The smallest absolute Gasteiger partial charge is 0.129 e. The van der Waals surface area contributed by atoms with Crippen LogP contribution < -0.4 is 0 Å². The standard InChI is InChI=1S/C13H11BrF2OS/c14-10-4-5-18-13(10)7-8(17)6-9-11(15)2-1-3-12(9)16/h1-5,8,17H,6-7H2. The van der Waals surface area contributed by atoms with Crippen molar-refractivity contribution >= 4 is 27.3 Å². The Morgan fingerprint density at radius 1 is 1.17 bits per heavy atom. The van der Waals surface area contributed by atoms with Crippen LogP contribution in [0.3, 0.4) is 0 Å². The van der Waals surface area contributed by atoms with Gasteiger partial charge in [-0.15, -0.1) is 11.3 Å². The molecule has 1 unspecified atom stereocenters. The maximum Gasteiger partial charge on any atom is 0.129 e. The van der Waals surface area contributed by atoms with E-state index in [0.29, 0.717) is 6.42 Å². The second-order valence-electron chi connectivity index (χ2n) is 3.95. The van der Waals surface area contributed by atoms with Gasteiger partial charge in [-0.25, -0.2) is 8.78 Å². The van der Waals surface area contributed by atoms with Crippen LogP contribution in [0.5, 0.6) is 0 Å².